The minimum atomic E-state index is -0.438. The minimum Gasteiger partial charge on any atom is -0.484 e. The van der Waals surface area contributed by atoms with Gasteiger partial charge in [-0.05, 0) is 72.8 Å². The van der Waals surface area contributed by atoms with Gasteiger partial charge in [0.25, 0.3) is 5.91 Å². The number of nitrogens with zero attached hydrogens (tertiary/aromatic N) is 1. The maximum absolute atomic E-state index is 13.0. The molecule has 2 bridgehead atoms. The van der Waals surface area contributed by atoms with E-state index in [1.165, 1.54) is 0 Å². The van der Waals surface area contributed by atoms with E-state index in [1.54, 1.807) is 30.3 Å². The molecule has 2 amide bonds. The molecule has 3 N–H and O–H groups in total. The van der Waals surface area contributed by atoms with Crippen molar-refractivity contribution in [1.82, 2.24) is 10.2 Å². The largest absolute Gasteiger partial charge is 0.484 e. The van der Waals surface area contributed by atoms with E-state index in [0.29, 0.717) is 17.4 Å². The van der Waals surface area contributed by atoms with Crippen LogP contribution in [0.5, 0.6) is 5.75 Å². The fourth-order valence-corrected chi connectivity index (χ4v) is 5.16. The van der Waals surface area contributed by atoms with Crippen molar-refractivity contribution in [3.05, 3.63) is 95.6 Å². The van der Waals surface area contributed by atoms with E-state index in [1.807, 2.05) is 48.5 Å². The highest BCUT2D eigenvalue weighted by molar-refractivity contribution is 5.91. The summed E-state index contributed by atoms with van der Waals surface area (Å²) in [6, 6.07) is 23.6. The lowest BCUT2D eigenvalue weighted by Crippen LogP contribution is -2.52. The van der Waals surface area contributed by atoms with Gasteiger partial charge in [-0.1, -0.05) is 54.6 Å². The molecule has 3 aliphatic heterocycles. The van der Waals surface area contributed by atoms with Gasteiger partial charge in [-0.25, -0.2) is 4.79 Å². The van der Waals surface area contributed by atoms with Crippen LogP contribution in [-0.4, -0.2) is 54.4 Å². The quantitative estimate of drug-likeness (QED) is 0.397. The van der Waals surface area contributed by atoms with Crippen molar-refractivity contribution in [2.45, 2.75) is 31.6 Å². The molecule has 0 radical (unpaired) electrons. The van der Waals surface area contributed by atoms with Crippen molar-refractivity contribution in [3.8, 4) is 5.75 Å². The highest BCUT2D eigenvalue weighted by Crippen LogP contribution is 2.30. The number of anilines is 1. The van der Waals surface area contributed by atoms with E-state index in [0.717, 1.165) is 49.2 Å². The fraction of sp³-hybridized carbons (Fsp3) is 0.333. The van der Waals surface area contributed by atoms with E-state index in [9.17, 15) is 9.59 Å². The number of aliphatic hydroxyl groups is 1. The maximum atomic E-state index is 13.0. The predicted molar refractivity (Wildman–Crippen MR) is 144 cm³/mol. The van der Waals surface area contributed by atoms with Crippen LogP contribution in [-0.2, 0) is 16.1 Å². The van der Waals surface area contributed by atoms with E-state index in [-0.39, 0.29) is 25.2 Å². The lowest BCUT2D eigenvalue weighted by molar-refractivity contribution is -0.118. The first-order valence-corrected chi connectivity index (χ1v) is 13.0. The van der Waals surface area contributed by atoms with E-state index < -0.39 is 12.1 Å². The Morgan fingerprint density at radius 1 is 0.947 bits per heavy atom. The zero-order valence-electron chi connectivity index (χ0n) is 21.2. The van der Waals surface area contributed by atoms with E-state index in [4.69, 9.17) is 14.6 Å². The van der Waals surface area contributed by atoms with Gasteiger partial charge >= 0.3 is 6.09 Å². The van der Waals surface area contributed by atoms with Gasteiger partial charge in [-0.3, -0.25) is 9.69 Å². The molecule has 198 valence electrons. The lowest BCUT2D eigenvalue weighted by Gasteiger charge is -2.43. The predicted octanol–water partition coefficient (Wildman–Crippen LogP) is 4.11. The Hall–Kier alpha value is -3.88. The Bertz CT molecular complexity index is 1230. The molecule has 2 atom stereocenters. The number of amides is 2. The standard InChI is InChI=1S/C30H33N3O5/c34-19-21-9-11-25(12-10-21)31-28(35)20-37-26-8-4-7-24(17-26)29(23-5-2-1-3-6-23)32-30(36)38-27-18-33-15-13-22(27)14-16-33/h1-12,17,22,27,29,34H,13-16,18-20H2,(H,31,35)(H,32,36). The number of alkyl carbamates (subject to hydrolysis) is 1. The van der Waals surface area contributed by atoms with Gasteiger partial charge in [0.15, 0.2) is 6.61 Å². The summed E-state index contributed by atoms with van der Waals surface area (Å²) in [5, 5.41) is 15.0. The molecule has 3 aliphatic rings. The van der Waals surface area contributed by atoms with Crippen molar-refractivity contribution in [2.24, 2.45) is 5.92 Å². The monoisotopic (exact) mass is 515 g/mol. The molecule has 6 rings (SSSR count). The molecule has 3 heterocycles. The number of benzene rings is 3. The molecule has 0 aliphatic carbocycles. The van der Waals surface area contributed by atoms with Crippen molar-refractivity contribution in [2.75, 3.05) is 31.6 Å². The average molecular weight is 516 g/mol. The minimum absolute atomic E-state index is 0.0517. The van der Waals surface area contributed by atoms with Gasteiger partial charge < -0.3 is 25.2 Å². The number of rotatable bonds is 9. The Morgan fingerprint density at radius 2 is 1.68 bits per heavy atom. The molecule has 8 heteroatoms. The molecule has 2 unspecified atom stereocenters. The van der Waals surface area contributed by atoms with Crippen molar-refractivity contribution < 1.29 is 24.2 Å². The van der Waals surface area contributed by atoms with Crippen LogP contribution < -0.4 is 15.4 Å². The molecular weight excluding hydrogens is 482 g/mol. The molecule has 0 saturated carbocycles. The van der Waals surface area contributed by atoms with Crippen LogP contribution in [0.2, 0.25) is 0 Å². The number of ether oxygens (including phenoxy) is 2. The maximum Gasteiger partial charge on any atom is 0.408 e. The second kappa shape index (κ2) is 12.1. The summed E-state index contributed by atoms with van der Waals surface area (Å²) in [7, 11) is 0. The molecule has 0 aromatic heterocycles. The van der Waals surface area contributed by atoms with Crippen LogP contribution in [0.15, 0.2) is 78.9 Å². The SMILES string of the molecule is O=C(COc1cccc(C(NC(=O)OC2CN3CCC2CC3)c2ccccc2)c1)Nc1ccc(CO)cc1. The highest BCUT2D eigenvalue weighted by atomic mass is 16.6. The summed E-state index contributed by atoms with van der Waals surface area (Å²) >= 11 is 0. The number of carbonyl (C=O) groups is 2. The zero-order valence-corrected chi connectivity index (χ0v) is 21.2. The molecule has 38 heavy (non-hydrogen) atoms. The van der Waals surface area contributed by atoms with Crippen LogP contribution in [0.1, 0.15) is 35.6 Å². The molecule has 3 fully saturated rings. The van der Waals surface area contributed by atoms with Crippen LogP contribution in [0.25, 0.3) is 0 Å². The summed E-state index contributed by atoms with van der Waals surface area (Å²) in [5.74, 6) is 0.643. The Kier molecular flexibility index (Phi) is 8.21. The number of carbonyl (C=O) groups excluding carboxylic acids is 2. The molecule has 3 saturated heterocycles. The average Bonchev–Trinajstić information content (AvgIpc) is 2.96. The summed E-state index contributed by atoms with van der Waals surface area (Å²) in [4.78, 5) is 27.8. The molecule has 3 aromatic carbocycles. The molecular formula is C30H33N3O5. The normalized spacial score (nSPS) is 20.8. The van der Waals surface area contributed by atoms with Gasteiger partial charge in [0.2, 0.25) is 0 Å². The first kappa shape index (κ1) is 25.8. The van der Waals surface area contributed by atoms with Crippen molar-refractivity contribution in [3.63, 3.8) is 0 Å². The summed E-state index contributed by atoms with van der Waals surface area (Å²) in [5.41, 5.74) is 3.13. The molecule has 0 spiro atoms. The van der Waals surface area contributed by atoms with Crippen molar-refractivity contribution >= 4 is 17.7 Å². The van der Waals surface area contributed by atoms with Crippen LogP contribution in [0.3, 0.4) is 0 Å². The first-order valence-electron chi connectivity index (χ1n) is 13.0. The van der Waals surface area contributed by atoms with E-state index in [2.05, 4.69) is 15.5 Å². The fourth-order valence-electron chi connectivity index (χ4n) is 5.16. The Morgan fingerprint density at radius 3 is 2.37 bits per heavy atom. The van der Waals surface area contributed by atoms with Crippen molar-refractivity contribution in [1.29, 1.82) is 0 Å². The third kappa shape index (κ3) is 6.51. The Balaban J connectivity index is 1.23. The summed E-state index contributed by atoms with van der Waals surface area (Å²) in [6.45, 7) is 2.74. The number of piperidine rings is 3. The number of nitrogens with one attached hydrogen (secondary N) is 2. The zero-order chi connectivity index (χ0) is 26.3. The van der Waals surface area contributed by atoms with Gasteiger partial charge in [0.05, 0.1) is 12.6 Å². The highest BCUT2D eigenvalue weighted by Gasteiger charge is 2.36. The summed E-state index contributed by atoms with van der Waals surface area (Å²) in [6.07, 6.45) is 1.62. The van der Waals surface area contributed by atoms with Gasteiger partial charge in [0, 0.05) is 12.2 Å². The smallest absolute Gasteiger partial charge is 0.408 e. The second-order valence-electron chi connectivity index (χ2n) is 9.83. The number of fused-ring (bicyclic) bond motifs is 3. The van der Waals surface area contributed by atoms with Crippen LogP contribution in [0, 0.1) is 5.92 Å². The van der Waals surface area contributed by atoms with Gasteiger partial charge in [-0.2, -0.15) is 0 Å². The Labute approximate surface area is 222 Å². The number of hydrogen-bond donors (Lipinski definition) is 3. The van der Waals surface area contributed by atoms with E-state index >= 15 is 0 Å². The van der Waals surface area contributed by atoms with Gasteiger partial charge in [-0.15, -0.1) is 0 Å². The van der Waals surface area contributed by atoms with Gasteiger partial charge in [0.1, 0.15) is 11.9 Å². The second-order valence-corrected chi connectivity index (χ2v) is 9.83. The first-order chi connectivity index (χ1) is 18.6. The molecule has 8 nitrogen and oxygen atoms in total. The molecule has 3 aromatic rings. The van der Waals surface area contributed by atoms with Crippen LogP contribution >= 0.6 is 0 Å². The lowest BCUT2D eigenvalue weighted by atomic mass is 9.86. The topological polar surface area (TPSA) is 100 Å². The van der Waals surface area contributed by atoms with Crippen LogP contribution in [0.4, 0.5) is 10.5 Å². The third-order valence-electron chi connectivity index (χ3n) is 7.23. The number of aliphatic hydroxyl groups excluding tert-OH is 1. The number of hydrogen-bond acceptors (Lipinski definition) is 6. The third-order valence-corrected chi connectivity index (χ3v) is 7.23. The summed E-state index contributed by atoms with van der Waals surface area (Å²) < 4.78 is 11.7.